The van der Waals surface area contributed by atoms with Crippen molar-refractivity contribution in [2.24, 2.45) is 0 Å². The first-order chi connectivity index (χ1) is 11.8. The molecule has 0 aliphatic heterocycles. The third-order valence-electron chi connectivity index (χ3n) is 4.33. The van der Waals surface area contributed by atoms with Crippen LogP contribution in [0.4, 0.5) is 0 Å². The van der Waals surface area contributed by atoms with E-state index in [0.717, 1.165) is 30.6 Å². The minimum absolute atomic E-state index is 0.0217. The average Bonchev–Trinajstić information content (AvgIpc) is 2.64. The number of hydrogen-bond donors (Lipinski definition) is 0. The fourth-order valence-electron chi connectivity index (χ4n) is 3.05. The molecule has 3 heteroatoms. The molecule has 0 bridgehead atoms. The fraction of sp³-hybridized carbons (Fsp3) is 0.190. The van der Waals surface area contributed by atoms with Crippen molar-refractivity contribution in [1.29, 1.82) is 0 Å². The van der Waals surface area contributed by atoms with Crippen molar-refractivity contribution >= 4 is 11.0 Å². The molecule has 1 atom stereocenters. The van der Waals surface area contributed by atoms with Crippen LogP contribution in [0.15, 0.2) is 76.2 Å². The molecule has 0 radical (unpaired) electrons. The van der Waals surface area contributed by atoms with E-state index in [-0.39, 0.29) is 11.5 Å². The van der Waals surface area contributed by atoms with E-state index < -0.39 is 0 Å². The fourth-order valence-corrected chi connectivity index (χ4v) is 3.05. The third kappa shape index (κ3) is 2.85. The van der Waals surface area contributed by atoms with Crippen LogP contribution in [0.5, 0.6) is 5.75 Å². The molecular formula is C21H18O3. The van der Waals surface area contributed by atoms with Crippen LogP contribution >= 0.6 is 0 Å². The second-order valence-electron chi connectivity index (χ2n) is 6.02. The molecule has 1 aliphatic rings. The van der Waals surface area contributed by atoms with Crippen LogP contribution in [0.25, 0.3) is 22.1 Å². The van der Waals surface area contributed by atoms with E-state index in [0.29, 0.717) is 16.5 Å². The summed E-state index contributed by atoms with van der Waals surface area (Å²) in [5, 5.41) is 0.572. The zero-order chi connectivity index (χ0) is 16.4. The number of ether oxygens (including phenoxy) is 1. The van der Waals surface area contributed by atoms with Gasteiger partial charge in [-0.25, -0.2) is 0 Å². The number of benzene rings is 2. The van der Waals surface area contributed by atoms with Gasteiger partial charge >= 0.3 is 0 Å². The summed E-state index contributed by atoms with van der Waals surface area (Å²) >= 11 is 0. The standard InChI is InChI=1S/C21H18O3/c22-21-18-12-11-17(24-16-9-5-2-6-10-16)13-20(18)23-14-19(21)15-7-3-1-4-8-15/h1,3-5,7-9,11-14,16H,2,6,10H2. The zero-order valence-corrected chi connectivity index (χ0v) is 13.3. The molecule has 1 aromatic heterocycles. The van der Waals surface area contributed by atoms with E-state index in [2.05, 4.69) is 12.2 Å². The van der Waals surface area contributed by atoms with Gasteiger partial charge in [-0.05, 0) is 43.0 Å². The summed E-state index contributed by atoms with van der Waals surface area (Å²) < 4.78 is 11.7. The summed E-state index contributed by atoms with van der Waals surface area (Å²) in [5.74, 6) is 0.731. The Morgan fingerprint density at radius 2 is 1.96 bits per heavy atom. The largest absolute Gasteiger partial charge is 0.486 e. The van der Waals surface area contributed by atoms with Gasteiger partial charge in [0.2, 0.25) is 0 Å². The Bertz CT molecular complexity index is 938. The van der Waals surface area contributed by atoms with E-state index in [9.17, 15) is 4.79 Å². The molecule has 0 fully saturated rings. The zero-order valence-electron chi connectivity index (χ0n) is 13.3. The average molecular weight is 318 g/mol. The van der Waals surface area contributed by atoms with E-state index in [1.165, 1.54) is 6.26 Å². The predicted molar refractivity (Wildman–Crippen MR) is 95.3 cm³/mol. The van der Waals surface area contributed by atoms with E-state index in [1.54, 1.807) is 12.1 Å². The topological polar surface area (TPSA) is 39.4 Å². The molecule has 3 aromatic rings. The van der Waals surface area contributed by atoms with Gasteiger partial charge in [0.05, 0.1) is 10.9 Å². The molecule has 0 spiro atoms. The second-order valence-corrected chi connectivity index (χ2v) is 6.02. The Morgan fingerprint density at radius 3 is 2.75 bits per heavy atom. The highest BCUT2D eigenvalue weighted by atomic mass is 16.5. The van der Waals surface area contributed by atoms with Gasteiger partial charge in [-0.15, -0.1) is 0 Å². The molecule has 3 nitrogen and oxygen atoms in total. The van der Waals surface area contributed by atoms with Crippen molar-refractivity contribution in [3.8, 4) is 16.9 Å². The van der Waals surface area contributed by atoms with E-state index in [4.69, 9.17) is 9.15 Å². The Morgan fingerprint density at radius 1 is 1.08 bits per heavy atom. The lowest BCUT2D eigenvalue weighted by Crippen LogP contribution is -2.15. The highest BCUT2D eigenvalue weighted by molar-refractivity contribution is 5.82. The van der Waals surface area contributed by atoms with Crippen molar-refractivity contribution in [2.75, 3.05) is 0 Å². The van der Waals surface area contributed by atoms with Gasteiger partial charge in [-0.2, -0.15) is 0 Å². The van der Waals surface area contributed by atoms with Crippen LogP contribution in [0.3, 0.4) is 0 Å². The Hall–Kier alpha value is -2.81. The molecule has 120 valence electrons. The summed E-state index contributed by atoms with van der Waals surface area (Å²) in [7, 11) is 0. The summed E-state index contributed by atoms with van der Waals surface area (Å²) in [5.41, 5.74) is 1.97. The number of hydrogen-bond acceptors (Lipinski definition) is 3. The van der Waals surface area contributed by atoms with Crippen LogP contribution < -0.4 is 10.2 Å². The lowest BCUT2D eigenvalue weighted by atomic mass is 10.0. The van der Waals surface area contributed by atoms with Crippen molar-refractivity contribution in [3.63, 3.8) is 0 Å². The minimum atomic E-state index is -0.0217. The molecule has 4 rings (SSSR count). The van der Waals surface area contributed by atoms with E-state index in [1.807, 2.05) is 36.4 Å². The normalized spacial score (nSPS) is 17.1. The summed E-state index contributed by atoms with van der Waals surface area (Å²) in [6.45, 7) is 0. The monoisotopic (exact) mass is 318 g/mol. The maximum atomic E-state index is 12.7. The number of fused-ring (bicyclic) bond motifs is 1. The molecule has 0 N–H and O–H groups in total. The molecule has 1 heterocycles. The maximum absolute atomic E-state index is 12.7. The molecule has 0 saturated carbocycles. The lowest BCUT2D eigenvalue weighted by molar-refractivity contribution is 0.230. The molecule has 1 aliphatic carbocycles. The summed E-state index contributed by atoms with van der Waals surface area (Å²) in [6.07, 6.45) is 9.17. The molecule has 24 heavy (non-hydrogen) atoms. The van der Waals surface area contributed by atoms with Gasteiger partial charge in [0.15, 0.2) is 5.43 Å². The molecule has 0 amide bonds. The lowest BCUT2D eigenvalue weighted by Gasteiger charge is -2.18. The van der Waals surface area contributed by atoms with Gasteiger partial charge in [0.25, 0.3) is 0 Å². The molecule has 0 saturated heterocycles. The highest BCUT2D eigenvalue weighted by Crippen LogP contribution is 2.25. The molecular weight excluding hydrogens is 300 g/mol. The van der Waals surface area contributed by atoms with Crippen molar-refractivity contribution < 1.29 is 9.15 Å². The van der Waals surface area contributed by atoms with E-state index >= 15 is 0 Å². The first-order valence-corrected chi connectivity index (χ1v) is 8.25. The molecule has 2 aromatic carbocycles. The van der Waals surface area contributed by atoms with Crippen LogP contribution in [-0.4, -0.2) is 6.10 Å². The van der Waals surface area contributed by atoms with Crippen LogP contribution in [0.1, 0.15) is 19.3 Å². The van der Waals surface area contributed by atoms with Crippen molar-refractivity contribution in [1.82, 2.24) is 0 Å². The van der Waals surface area contributed by atoms with Crippen LogP contribution in [0, 0.1) is 0 Å². The quantitative estimate of drug-likeness (QED) is 0.642. The van der Waals surface area contributed by atoms with Gasteiger partial charge in [-0.1, -0.05) is 36.4 Å². The summed E-state index contributed by atoms with van der Waals surface area (Å²) in [6, 6.07) is 15.0. The van der Waals surface area contributed by atoms with Crippen molar-refractivity contribution in [3.05, 3.63) is 77.2 Å². The second kappa shape index (κ2) is 6.36. The number of rotatable bonds is 3. The van der Waals surface area contributed by atoms with Gasteiger partial charge in [0.1, 0.15) is 23.7 Å². The number of allylic oxidation sites excluding steroid dienone is 1. The minimum Gasteiger partial charge on any atom is -0.486 e. The Balaban J connectivity index is 1.70. The van der Waals surface area contributed by atoms with Crippen LogP contribution in [-0.2, 0) is 0 Å². The SMILES string of the molecule is O=c1c(-c2ccccc2)coc2cc(OC3C=CCCC3)ccc12. The van der Waals surface area contributed by atoms with Crippen molar-refractivity contribution in [2.45, 2.75) is 25.4 Å². The summed E-state index contributed by atoms with van der Waals surface area (Å²) in [4.78, 5) is 12.7. The predicted octanol–water partition coefficient (Wildman–Crippen LogP) is 4.95. The first-order valence-electron chi connectivity index (χ1n) is 8.25. The van der Waals surface area contributed by atoms with Gasteiger partial charge < -0.3 is 9.15 Å². The maximum Gasteiger partial charge on any atom is 0.200 e. The molecule has 1 unspecified atom stereocenters. The Kier molecular flexibility index (Phi) is 3.91. The van der Waals surface area contributed by atoms with Crippen LogP contribution in [0.2, 0.25) is 0 Å². The Labute approximate surface area is 140 Å². The smallest absolute Gasteiger partial charge is 0.200 e. The highest BCUT2D eigenvalue weighted by Gasteiger charge is 2.13. The first kappa shape index (κ1) is 14.8. The van der Waals surface area contributed by atoms with Gasteiger partial charge in [0, 0.05) is 6.07 Å². The van der Waals surface area contributed by atoms with Gasteiger partial charge in [-0.3, -0.25) is 4.79 Å². The third-order valence-corrected chi connectivity index (χ3v) is 4.33.